The first-order valence-electron chi connectivity index (χ1n) is 16.7. The van der Waals surface area contributed by atoms with E-state index in [2.05, 4.69) is 42.2 Å². The molecule has 1 aromatic heterocycles. The first-order valence-corrected chi connectivity index (χ1v) is 16.7. The van der Waals surface area contributed by atoms with E-state index in [0.717, 1.165) is 48.8 Å². The van der Waals surface area contributed by atoms with Gasteiger partial charge in [0, 0.05) is 11.8 Å². The third-order valence-electron chi connectivity index (χ3n) is 7.77. The summed E-state index contributed by atoms with van der Waals surface area (Å²) in [4.78, 5) is 0. The predicted molar refractivity (Wildman–Crippen MR) is 168 cm³/mol. The van der Waals surface area contributed by atoms with Gasteiger partial charge in [-0.1, -0.05) is 142 Å². The van der Waals surface area contributed by atoms with Gasteiger partial charge in [-0.25, -0.2) is 0 Å². The molecule has 1 heterocycles. The van der Waals surface area contributed by atoms with Crippen LogP contribution in [0.3, 0.4) is 0 Å². The highest BCUT2D eigenvalue weighted by Crippen LogP contribution is 2.32. The lowest BCUT2D eigenvalue weighted by atomic mass is 10.0. The standard InChI is InChI=1S/C35H60N2O2/c1-3-5-7-9-11-13-14-15-16-17-18-20-22-24-30-39-35-31-32(33-27-28-36-37-33)25-26-34(35)38-29-23-21-19-12-10-8-6-4-2/h25-28,31H,3-24,29-30H2,1-2H3,(H,36,37). The summed E-state index contributed by atoms with van der Waals surface area (Å²) in [5, 5.41) is 7.16. The zero-order valence-corrected chi connectivity index (χ0v) is 25.6. The fourth-order valence-electron chi connectivity index (χ4n) is 5.22. The van der Waals surface area contributed by atoms with Gasteiger partial charge in [-0.05, 0) is 37.1 Å². The smallest absolute Gasteiger partial charge is 0.161 e. The Bertz CT molecular complexity index is 790. The molecule has 2 rings (SSSR count). The molecule has 0 bridgehead atoms. The number of unbranched alkanes of at least 4 members (excludes halogenated alkanes) is 20. The summed E-state index contributed by atoms with van der Waals surface area (Å²) in [5.41, 5.74) is 2.09. The number of ether oxygens (including phenoxy) is 2. The number of aromatic amines is 1. The van der Waals surface area contributed by atoms with Gasteiger partial charge in [0.2, 0.25) is 0 Å². The molecule has 0 saturated carbocycles. The Balaban J connectivity index is 1.59. The molecule has 222 valence electrons. The van der Waals surface area contributed by atoms with Gasteiger partial charge in [-0.2, -0.15) is 5.10 Å². The van der Waals surface area contributed by atoms with Crippen LogP contribution >= 0.6 is 0 Å². The van der Waals surface area contributed by atoms with Crippen LogP contribution in [0.4, 0.5) is 0 Å². The molecule has 2 aromatic rings. The van der Waals surface area contributed by atoms with Gasteiger partial charge >= 0.3 is 0 Å². The van der Waals surface area contributed by atoms with Gasteiger partial charge in [0.15, 0.2) is 11.5 Å². The Labute approximate surface area is 241 Å². The third kappa shape index (κ3) is 16.7. The fourth-order valence-corrected chi connectivity index (χ4v) is 5.22. The van der Waals surface area contributed by atoms with E-state index in [1.165, 1.54) is 128 Å². The van der Waals surface area contributed by atoms with Crippen molar-refractivity contribution in [3.63, 3.8) is 0 Å². The molecule has 39 heavy (non-hydrogen) atoms. The number of nitrogens with zero attached hydrogens (tertiary/aromatic N) is 1. The van der Waals surface area contributed by atoms with Crippen molar-refractivity contribution >= 4 is 0 Å². The first-order chi connectivity index (χ1) is 19.3. The maximum Gasteiger partial charge on any atom is 0.161 e. The maximum atomic E-state index is 6.26. The molecule has 4 nitrogen and oxygen atoms in total. The Kier molecular flexibility index (Phi) is 20.4. The van der Waals surface area contributed by atoms with Gasteiger partial charge in [-0.15, -0.1) is 0 Å². The zero-order valence-electron chi connectivity index (χ0n) is 25.6. The van der Waals surface area contributed by atoms with Gasteiger partial charge in [-0.3, -0.25) is 5.10 Å². The van der Waals surface area contributed by atoms with Gasteiger partial charge < -0.3 is 9.47 Å². The van der Waals surface area contributed by atoms with Crippen molar-refractivity contribution in [3.8, 4) is 22.8 Å². The van der Waals surface area contributed by atoms with Crippen LogP contribution in [-0.4, -0.2) is 23.4 Å². The average molecular weight is 541 g/mol. The van der Waals surface area contributed by atoms with E-state index in [1.54, 1.807) is 6.20 Å². The molecule has 0 saturated heterocycles. The van der Waals surface area contributed by atoms with Crippen LogP contribution in [0.1, 0.15) is 155 Å². The second kappa shape index (κ2) is 23.9. The SMILES string of the molecule is CCCCCCCCCCCCCCCCOc1cc(-c2ccn[nH]2)ccc1OCCCCCCCCCC. The van der Waals surface area contributed by atoms with E-state index in [4.69, 9.17) is 9.47 Å². The second-order valence-electron chi connectivity index (χ2n) is 11.4. The van der Waals surface area contributed by atoms with Crippen molar-refractivity contribution in [1.82, 2.24) is 10.2 Å². The van der Waals surface area contributed by atoms with Gasteiger partial charge in [0.05, 0.1) is 18.9 Å². The molecule has 0 atom stereocenters. The number of nitrogens with one attached hydrogen (secondary N) is 1. The quantitative estimate of drug-likeness (QED) is 0.115. The van der Waals surface area contributed by atoms with Crippen molar-refractivity contribution in [2.24, 2.45) is 0 Å². The maximum absolute atomic E-state index is 6.26. The van der Waals surface area contributed by atoms with Crippen LogP contribution in [0.25, 0.3) is 11.3 Å². The van der Waals surface area contributed by atoms with Crippen molar-refractivity contribution in [2.45, 2.75) is 155 Å². The molecule has 0 amide bonds. The van der Waals surface area contributed by atoms with Gasteiger partial charge in [0.25, 0.3) is 0 Å². The molecule has 0 radical (unpaired) electrons. The van der Waals surface area contributed by atoms with Crippen LogP contribution in [0.5, 0.6) is 11.5 Å². The van der Waals surface area contributed by atoms with Crippen LogP contribution in [0, 0.1) is 0 Å². The van der Waals surface area contributed by atoms with E-state index in [1.807, 2.05) is 6.07 Å². The number of hydrogen-bond donors (Lipinski definition) is 1. The van der Waals surface area contributed by atoms with Crippen LogP contribution in [0.15, 0.2) is 30.5 Å². The summed E-state index contributed by atoms with van der Waals surface area (Å²) < 4.78 is 12.4. The number of benzene rings is 1. The average Bonchev–Trinajstić information content (AvgIpc) is 3.50. The van der Waals surface area contributed by atoms with Crippen molar-refractivity contribution in [3.05, 3.63) is 30.5 Å². The van der Waals surface area contributed by atoms with E-state index < -0.39 is 0 Å². The van der Waals surface area contributed by atoms with Crippen molar-refractivity contribution in [2.75, 3.05) is 13.2 Å². The molecular formula is C35H60N2O2. The molecule has 4 heteroatoms. The molecule has 0 aliphatic rings. The monoisotopic (exact) mass is 540 g/mol. The van der Waals surface area contributed by atoms with E-state index in [9.17, 15) is 0 Å². The number of rotatable bonds is 27. The molecule has 0 unspecified atom stereocenters. The topological polar surface area (TPSA) is 47.1 Å². The minimum absolute atomic E-state index is 0.749. The molecule has 0 fully saturated rings. The Morgan fingerprint density at radius 1 is 0.513 bits per heavy atom. The van der Waals surface area contributed by atoms with E-state index in [0.29, 0.717) is 0 Å². The zero-order chi connectivity index (χ0) is 27.6. The van der Waals surface area contributed by atoms with Gasteiger partial charge in [0.1, 0.15) is 0 Å². The number of aromatic nitrogens is 2. The molecule has 0 aliphatic carbocycles. The first kappa shape index (κ1) is 33.2. The predicted octanol–water partition coefficient (Wildman–Crippen LogP) is 11.5. The van der Waals surface area contributed by atoms with Crippen LogP contribution in [0.2, 0.25) is 0 Å². The largest absolute Gasteiger partial charge is 0.490 e. The minimum atomic E-state index is 0.749. The van der Waals surface area contributed by atoms with Crippen LogP contribution < -0.4 is 9.47 Å². The lowest BCUT2D eigenvalue weighted by Gasteiger charge is -2.14. The van der Waals surface area contributed by atoms with Crippen molar-refractivity contribution < 1.29 is 9.47 Å². The molecule has 0 spiro atoms. The highest BCUT2D eigenvalue weighted by Gasteiger charge is 2.09. The molecule has 1 N–H and O–H groups in total. The minimum Gasteiger partial charge on any atom is -0.490 e. The van der Waals surface area contributed by atoms with E-state index in [-0.39, 0.29) is 0 Å². The Morgan fingerprint density at radius 2 is 0.949 bits per heavy atom. The third-order valence-corrected chi connectivity index (χ3v) is 7.77. The van der Waals surface area contributed by atoms with Crippen LogP contribution in [-0.2, 0) is 0 Å². The molecular weight excluding hydrogens is 480 g/mol. The highest BCUT2D eigenvalue weighted by molar-refractivity contribution is 5.63. The highest BCUT2D eigenvalue weighted by atomic mass is 16.5. The second-order valence-corrected chi connectivity index (χ2v) is 11.4. The molecule has 0 aliphatic heterocycles. The number of hydrogen-bond acceptors (Lipinski definition) is 3. The Morgan fingerprint density at radius 3 is 1.38 bits per heavy atom. The summed E-state index contributed by atoms with van der Waals surface area (Å²) in [7, 11) is 0. The molecule has 1 aromatic carbocycles. The Hall–Kier alpha value is -1.97. The summed E-state index contributed by atoms with van der Waals surface area (Å²) >= 11 is 0. The summed E-state index contributed by atoms with van der Waals surface area (Å²) in [6, 6.07) is 8.24. The summed E-state index contributed by atoms with van der Waals surface area (Å²) in [5.74, 6) is 1.72. The fraction of sp³-hybridized carbons (Fsp3) is 0.743. The lowest BCUT2D eigenvalue weighted by molar-refractivity contribution is 0.258. The summed E-state index contributed by atoms with van der Waals surface area (Å²) in [6.45, 7) is 6.07. The van der Waals surface area contributed by atoms with E-state index >= 15 is 0 Å². The lowest BCUT2D eigenvalue weighted by Crippen LogP contribution is -2.03. The van der Waals surface area contributed by atoms with Crippen molar-refractivity contribution in [1.29, 1.82) is 0 Å². The normalized spacial score (nSPS) is 11.2. The number of H-pyrrole nitrogens is 1. The summed E-state index contributed by atoms with van der Waals surface area (Å²) in [6.07, 6.45) is 31.4.